The maximum Gasteiger partial charge on any atom is 0.288 e. The molecule has 3 aliphatic rings. The molecule has 3 aliphatic carbocycles. The van der Waals surface area contributed by atoms with E-state index in [1.165, 1.54) is 12.6 Å². The van der Waals surface area contributed by atoms with Crippen LogP contribution in [0.1, 0.15) is 49.5 Å². The summed E-state index contributed by atoms with van der Waals surface area (Å²) in [4.78, 5) is 36.4. The van der Waals surface area contributed by atoms with Gasteiger partial charge < -0.3 is 16.4 Å². The van der Waals surface area contributed by atoms with Crippen molar-refractivity contribution in [2.45, 2.75) is 52.7 Å². The van der Waals surface area contributed by atoms with Gasteiger partial charge in [0.15, 0.2) is 0 Å². The van der Waals surface area contributed by atoms with Gasteiger partial charge in [-0.1, -0.05) is 44.5 Å². The van der Waals surface area contributed by atoms with Crippen molar-refractivity contribution in [3.63, 3.8) is 0 Å². The zero-order chi connectivity index (χ0) is 23.9. The molecule has 9 heteroatoms. The van der Waals surface area contributed by atoms with Gasteiger partial charge in [-0.05, 0) is 53.7 Å². The number of hydrogen-bond acceptors (Lipinski definition) is 5. The molecule has 8 nitrogen and oxygen atoms in total. The van der Waals surface area contributed by atoms with Gasteiger partial charge in [0.05, 0.1) is 11.9 Å². The number of nitrogens with zero attached hydrogens (tertiary/aromatic N) is 2. The number of carbonyl (C=O) groups excluding carboxylic acids is 2. The average Bonchev–Trinajstić information content (AvgIpc) is 2.78. The minimum Gasteiger partial charge on any atom is -0.379 e. The summed E-state index contributed by atoms with van der Waals surface area (Å²) in [6.45, 7) is 6.87. The molecule has 0 saturated heterocycles. The van der Waals surface area contributed by atoms with Gasteiger partial charge in [0, 0.05) is 18.2 Å². The lowest BCUT2D eigenvalue weighted by molar-refractivity contribution is -0.122. The second-order valence-electron chi connectivity index (χ2n) is 9.88. The van der Waals surface area contributed by atoms with Crippen LogP contribution in [0.15, 0.2) is 35.3 Å². The minimum absolute atomic E-state index is 0.0395. The Kier molecular flexibility index (Phi) is 6.22. The van der Waals surface area contributed by atoms with E-state index in [-0.39, 0.29) is 24.2 Å². The molecule has 0 aliphatic heterocycles. The molecule has 3 saturated carbocycles. The summed E-state index contributed by atoms with van der Waals surface area (Å²) in [5, 5.41) is 10.3. The lowest BCUT2D eigenvalue weighted by Crippen LogP contribution is -2.58. The molecule has 0 unspecified atom stereocenters. The van der Waals surface area contributed by atoms with E-state index in [0.717, 1.165) is 16.7 Å². The zero-order valence-electron chi connectivity index (χ0n) is 19.1. The van der Waals surface area contributed by atoms with E-state index in [0.29, 0.717) is 34.4 Å². The summed E-state index contributed by atoms with van der Waals surface area (Å²) in [6, 6.07) is 6.92. The number of carbonyl (C=O) groups is 2. The highest BCUT2D eigenvalue weighted by atomic mass is 35.5. The van der Waals surface area contributed by atoms with Gasteiger partial charge in [-0.25, -0.2) is 4.68 Å². The third-order valence-electron chi connectivity index (χ3n) is 7.67. The molecular weight excluding hydrogens is 442 g/mol. The van der Waals surface area contributed by atoms with E-state index in [9.17, 15) is 14.4 Å². The molecule has 5 rings (SSSR count). The molecule has 33 heavy (non-hydrogen) atoms. The Bertz CT molecular complexity index is 1150. The molecular formula is C24H30ClN5O3. The molecule has 1 heterocycles. The van der Waals surface area contributed by atoms with Crippen molar-refractivity contribution in [2.24, 2.45) is 28.9 Å². The van der Waals surface area contributed by atoms with Gasteiger partial charge in [-0.15, -0.1) is 0 Å². The Morgan fingerprint density at radius 3 is 2.73 bits per heavy atom. The predicted octanol–water partition coefficient (Wildman–Crippen LogP) is 2.79. The van der Waals surface area contributed by atoms with Gasteiger partial charge in [-0.2, -0.15) is 5.10 Å². The van der Waals surface area contributed by atoms with Crippen LogP contribution in [0.3, 0.4) is 0 Å². The first-order chi connectivity index (χ1) is 15.6. The van der Waals surface area contributed by atoms with Crippen molar-refractivity contribution in [1.29, 1.82) is 0 Å². The average molecular weight is 472 g/mol. The quantitative estimate of drug-likeness (QED) is 0.573. The third kappa shape index (κ3) is 4.49. The fraction of sp³-hybridized carbons (Fsp3) is 0.500. The SMILES string of the molecule is C[C@@H]1[C@H]2C[C@@H](C[C@H]1Nc1cnn(CC(=O)NCc3cccc(C(N)=O)c3)c(=O)c1Cl)C2(C)C. The minimum atomic E-state index is -0.536. The Balaban J connectivity index is 1.37. The third-order valence-corrected chi connectivity index (χ3v) is 8.04. The van der Waals surface area contributed by atoms with Gasteiger partial charge in [-0.3, -0.25) is 14.4 Å². The number of halogens is 1. The Morgan fingerprint density at radius 1 is 1.30 bits per heavy atom. The normalized spacial score (nSPS) is 25.1. The lowest BCUT2D eigenvalue weighted by Gasteiger charge is -2.62. The standard InChI is InChI=1S/C24H30ClN5O3/c1-13-17-8-16(24(17,2)3)9-18(13)29-19-11-28-30(23(33)21(19)25)12-20(31)27-10-14-5-4-6-15(7-14)22(26)32/h4-7,11,13,16-18,29H,8-10,12H2,1-3H3,(H2,26,32)(H,27,31)/t13-,16+,17-,18-/m1/s1. The number of aromatic nitrogens is 2. The summed E-state index contributed by atoms with van der Waals surface area (Å²) in [7, 11) is 0. The summed E-state index contributed by atoms with van der Waals surface area (Å²) in [5.74, 6) is 0.880. The van der Waals surface area contributed by atoms with Crippen LogP contribution in [-0.4, -0.2) is 27.6 Å². The largest absolute Gasteiger partial charge is 0.379 e. The van der Waals surface area contributed by atoms with Crippen molar-refractivity contribution in [3.8, 4) is 0 Å². The fourth-order valence-electron chi connectivity index (χ4n) is 5.45. The monoisotopic (exact) mass is 471 g/mol. The number of nitrogens with two attached hydrogens (primary N) is 1. The number of hydrogen-bond donors (Lipinski definition) is 3. The predicted molar refractivity (Wildman–Crippen MR) is 127 cm³/mol. The number of primary amides is 1. The fourth-order valence-corrected chi connectivity index (χ4v) is 5.65. The number of nitrogens with one attached hydrogen (secondary N) is 2. The number of fused-ring (bicyclic) bond motifs is 2. The zero-order valence-corrected chi connectivity index (χ0v) is 19.9. The Labute approximate surface area is 197 Å². The van der Waals surface area contributed by atoms with E-state index in [4.69, 9.17) is 17.3 Å². The van der Waals surface area contributed by atoms with Crippen LogP contribution in [0.2, 0.25) is 5.02 Å². The maximum atomic E-state index is 12.7. The number of amides is 2. The van der Waals surface area contributed by atoms with Crippen LogP contribution in [0.4, 0.5) is 5.69 Å². The second kappa shape index (κ2) is 8.82. The first-order valence-corrected chi connectivity index (χ1v) is 11.6. The molecule has 0 spiro atoms. The van der Waals surface area contributed by atoms with E-state index < -0.39 is 17.4 Å². The van der Waals surface area contributed by atoms with Crippen LogP contribution in [0.25, 0.3) is 0 Å². The maximum absolute atomic E-state index is 12.7. The molecule has 2 amide bonds. The summed E-state index contributed by atoms with van der Waals surface area (Å²) in [6.07, 6.45) is 3.83. The molecule has 1 aromatic heterocycles. The van der Waals surface area contributed by atoms with Crippen molar-refractivity contribution in [3.05, 3.63) is 57.0 Å². The number of rotatable bonds is 7. The van der Waals surface area contributed by atoms with Gasteiger partial charge in [0.25, 0.3) is 5.56 Å². The number of benzene rings is 1. The number of anilines is 1. The van der Waals surface area contributed by atoms with E-state index in [2.05, 4.69) is 36.5 Å². The summed E-state index contributed by atoms with van der Waals surface area (Å²) in [5.41, 5.74) is 6.74. The summed E-state index contributed by atoms with van der Waals surface area (Å²) < 4.78 is 1.05. The van der Waals surface area contributed by atoms with E-state index >= 15 is 0 Å². The molecule has 1 aromatic carbocycles. The van der Waals surface area contributed by atoms with E-state index in [1.54, 1.807) is 24.3 Å². The molecule has 2 bridgehead atoms. The van der Waals surface area contributed by atoms with Gasteiger partial charge in [0.2, 0.25) is 11.8 Å². The van der Waals surface area contributed by atoms with Crippen LogP contribution >= 0.6 is 11.6 Å². The van der Waals surface area contributed by atoms with Gasteiger partial charge in [0.1, 0.15) is 11.6 Å². The van der Waals surface area contributed by atoms with E-state index in [1.807, 2.05) is 0 Å². The Hall–Kier alpha value is -2.87. The lowest BCUT2D eigenvalue weighted by atomic mass is 9.45. The van der Waals surface area contributed by atoms with Crippen LogP contribution in [-0.2, 0) is 17.9 Å². The second-order valence-corrected chi connectivity index (χ2v) is 10.3. The van der Waals surface area contributed by atoms with Crippen molar-refractivity contribution >= 4 is 29.1 Å². The topological polar surface area (TPSA) is 119 Å². The molecule has 2 aromatic rings. The molecule has 176 valence electrons. The first-order valence-electron chi connectivity index (χ1n) is 11.3. The smallest absolute Gasteiger partial charge is 0.288 e. The van der Waals surface area contributed by atoms with Crippen molar-refractivity contribution in [1.82, 2.24) is 15.1 Å². The first kappa shape index (κ1) is 23.3. The van der Waals surface area contributed by atoms with Crippen molar-refractivity contribution in [2.75, 3.05) is 5.32 Å². The highest BCUT2D eigenvalue weighted by molar-refractivity contribution is 6.32. The highest BCUT2D eigenvalue weighted by Gasteiger charge is 2.56. The molecule has 0 radical (unpaired) electrons. The summed E-state index contributed by atoms with van der Waals surface area (Å²) >= 11 is 6.36. The van der Waals surface area contributed by atoms with Gasteiger partial charge >= 0.3 is 0 Å². The Morgan fingerprint density at radius 2 is 2.06 bits per heavy atom. The highest BCUT2D eigenvalue weighted by Crippen LogP contribution is 2.61. The van der Waals surface area contributed by atoms with Crippen molar-refractivity contribution < 1.29 is 9.59 Å². The molecule has 4 N–H and O–H groups in total. The van der Waals surface area contributed by atoms with Crippen LogP contribution < -0.4 is 21.9 Å². The van der Waals surface area contributed by atoms with Crippen LogP contribution in [0.5, 0.6) is 0 Å². The molecule has 4 atom stereocenters. The molecule has 3 fully saturated rings. The van der Waals surface area contributed by atoms with Crippen LogP contribution in [0, 0.1) is 23.2 Å².